The molecule has 0 saturated heterocycles. The maximum absolute atomic E-state index is 5.57. The van der Waals surface area contributed by atoms with E-state index >= 15 is 0 Å². The van der Waals surface area contributed by atoms with E-state index in [1.54, 1.807) is 6.20 Å². The summed E-state index contributed by atoms with van der Waals surface area (Å²) in [5.74, 6) is 0. The van der Waals surface area contributed by atoms with E-state index < -0.39 is 0 Å². The van der Waals surface area contributed by atoms with Gasteiger partial charge in [0.15, 0.2) is 0 Å². The Hall–Kier alpha value is -5.86. The lowest BCUT2D eigenvalue weighted by atomic mass is 9.99. The molecule has 6 rings (SSSR count). The number of fused-ring (bicyclic) bond motifs is 5. The molecule has 0 aliphatic carbocycles. The van der Waals surface area contributed by atoms with Gasteiger partial charge in [-0.3, -0.25) is 0 Å². The van der Waals surface area contributed by atoms with E-state index in [0.717, 1.165) is 22.3 Å². The first-order valence-corrected chi connectivity index (χ1v) is 18.4. The van der Waals surface area contributed by atoms with Gasteiger partial charge in [0.1, 0.15) is 0 Å². The van der Waals surface area contributed by atoms with Gasteiger partial charge >= 0.3 is 0 Å². The van der Waals surface area contributed by atoms with Gasteiger partial charge in [0.25, 0.3) is 0 Å². The highest BCUT2D eigenvalue weighted by atomic mass is 15.0. The van der Waals surface area contributed by atoms with Crippen molar-refractivity contribution in [3.63, 3.8) is 0 Å². The zero-order valence-corrected chi connectivity index (χ0v) is 32.4. The molecule has 0 amide bonds. The summed E-state index contributed by atoms with van der Waals surface area (Å²) in [5, 5.41) is 5.01. The molecule has 0 atom stereocenters. The minimum absolute atomic E-state index is 1.08. The summed E-state index contributed by atoms with van der Waals surface area (Å²) in [4.78, 5) is 0. The average molecular weight is 685 g/mol. The fourth-order valence-corrected chi connectivity index (χ4v) is 6.01. The molecule has 0 bridgehead atoms. The van der Waals surface area contributed by atoms with Crippen LogP contribution in [0.4, 0.5) is 0 Å². The molecule has 2 N–H and O–H groups in total. The quantitative estimate of drug-likeness (QED) is 0.159. The van der Waals surface area contributed by atoms with E-state index in [1.165, 1.54) is 49.4 Å². The molecule has 0 unspecified atom stereocenters. The molecule has 1 aromatic heterocycles. The largest absolute Gasteiger partial charge is 0.405 e. The molecular formula is C50H56N2. The van der Waals surface area contributed by atoms with Gasteiger partial charge in [-0.1, -0.05) is 162 Å². The fourth-order valence-electron chi connectivity index (χ4n) is 6.01. The van der Waals surface area contributed by atoms with Crippen LogP contribution in [0.2, 0.25) is 0 Å². The number of hydrogen-bond donors (Lipinski definition) is 1. The van der Waals surface area contributed by atoms with Crippen LogP contribution in [0.15, 0.2) is 182 Å². The number of allylic oxidation sites excluding steroid dienone is 11. The molecule has 52 heavy (non-hydrogen) atoms. The van der Waals surface area contributed by atoms with Crippen molar-refractivity contribution in [3.8, 4) is 5.69 Å². The third kappa shape index (κ3) is 10.1. The zero-order valence-electron chi connectivity index (χ0n) is 32.4. The lowest BCUT2D eigenvalue weighted by Crippen LogP contribution is -1.94. The highest BCUT2D eigenvalue weighted by Gasteiger charge is 2.14. The molecule has 2 heteroatoms. The van der Waals surface area contributed by atoms with E-state index in [4.69, 9.17) is 5.73 Å². The van der Waals surface area contributed by atoms with Crippen molar-refractivity contribution < 1.29 is 0 Å². The van der Waals surface area contributed by atoms with Crippen molar-refractivity contribution in [2.75, 3.05) is 0 Å². The van der Waals surface area contributed by atoms with Gasteiger partial charge in [0.05, 0.1) is 11.0 Å². The summed E-state index contributed by atoms with van der Waals surface area (Å²) in [6.07, 6.45) is 20.0. The minimum Gasteiger partial charge on any atom is -0.405 e. The first kappa shape index (κ1) is 40.6. The molecular weight excluding hydrogens is 629 g/mol. The standard InChI is InChI=1S/C34H30N2.C12H14.2C2H6/c1-3-4-6-13-27(25(2)12-11-22-35)23-26-18-20-30-28(24-26)19-21-32-31-16-9-10-17-33(31)36(34(30)32)29-14-7-5-8-15-29;1-4-7-10(2)12-9-6-5-8-11(12)3;2*1-2/h3-24H,35H2,1-2H3;4-9H,2H2,1,3H3;2*1-2H3/b4-3-,13-6-,22-11-,25-12+,27-23-;7-4-;;. The Balaban J connectivity index is 0.000000383. The molecule has 0 fully saturated rings. The molecule has 0 spiro atoms. The smallest absolute Gasteiger partial charge is 0.0619 e. The fraction of sp³-hybridized carbons (Fsp3) is 0.160. The summed E-state index contributed by atoms with van der Waals surface area (Å²) < 4.78 is 2.39. The Morgan fingerprint density at radius 3 is 2.04 bits per heavy atom. The number of nitrogens with zero attached hydrogens (tertiary/aromatic N) is 1. The first-order chi connectivity index (χ1) is 25.5. The summed E-state index contributed by atoms with van der Waals surface area (Å²) in [7, 11) is 0. The van der Waals surface area contributed by atoms with Crippen molar-refractivity contribution in [3.05, 3.63) is 198 Å². The van der Waals surface area contributed by atoms with Crippen molar-refractivity contribution in [1.82, 2.24) is 4.57 Å². The monoisotopic (exact) mass is 684 g/mol. The summed E-state index contributed by atoms with van der Waals surface area (Å²) in [6, 6.07) is 38.8. The van der Waals surface area contributed by atoms with E-state index in [9.17, 15) is 0 Å². The molecule has 6 aromatic rings. The van der Waals surface area contributed by atoms with Crippen molar-refractivity contribution in [2.45, 2.75) is 55.4 Å². The zero-order chi connectivity index (χ0) is 37.9. The van der Waals surface area contributed by atoms with Gasteiger partial charge in [-0.25, -0.2) is 0 Å². The van der Waals surface area contributed by atoms with Gasteiger partial charge in [-0.15, -0.1) is 0 Å². The molecule has 1 heterocycles. The average Bonchev–Trinajstić information content (AvgIpc) is 3.54. The van der Waals surface area contributed by atoms with Crippen molar-refractivity contribution in [1.29, 1.82) is 0 Å². The summed E-state index contributed by atoms with van der Waals surface area (Å²) in [6.45, 7) is 20.2. The van der Waals surface area contributed by atoms with Gasteiger partial charge in [0.2, 0.25) is 0 Å². The molecule has 0 aliphatic rings. The number of benzene rings is 5. The lowest BCUT2D eigenvalue weighted by molar-refractivity contribution is 1.19. The lowest BCUT2D eigenvalue weighted by Gasteiger charge is -2.10. The normalized spacial score (nSPS) is 11.9. The molecule has 0 aliphatic heterocycles. The molecule has 2 nitrogen and oxygen atoms in total. The van der Waals surface area contributed by atoms with E-state index in [0.29, 0.717) is 0 Å². The SMILES string of the molecule is C=C(/C=C\C)c1ccccc1C.CC.CC.C\C=C/C=C\C(=C\c1ccc2c(ccc3c4ccccc4n(-c4ccccc4)c23)c1)C(\C)=C\C=C/N. The Kier molecular flexibility index (Phi) is 16.7. The maximum Gasteiger partial charge on any atom is 0.0619 e. The van der Waals surface area contributed by atoms with Crippen LogP contribution in [0, 0.1) is 6.92 Å². The Bertz CT molecular complexity index is 2230. The second kappa shape index (κ2) is 21.4. The van der Waals surface area contributed by atoms with E-state index in [-0.39, 0.29) is 0 Å². The molecule has 5 aromatic carbocycles. The summed E-state index contributed by atoms with van der Waals surface area (Å²) >= 11 is 0. The third-order valence-electron chi connectivity index (χ3n) is 8.36. The Labute approximate surface area is 313 Å². The molecule has 266 valence electrons. The van der Waals surface area contributed by atoms with Crippen LogP contribution < -0.4 is 5.73 Å². The van der Waals surface area contributed by atoms with Crippen molar-refractivity contribution >= 4 is 44.2 Å². The minimum atomic E-state index is 1.08. The highest BCUT2D eigenvalue weighted by molar-refractivity contribution is 6.18. The second-order valence-electron chi connectivity index (χ2n) is 11.7. The van der Waals surface area contributed by atoms with Gasteiger partial charge in [0, 0.05) is 21.8 Å². The Morgan fingerprint density at radius 2 is 1.35 bits per heavy atom. The van der Waals surface area contributed by atoms with Gasteiger partial charge < -0.3 is 10.3 Å². The predicted molar refractivity (Wildman–Crippen MR) is 235 cm³/mol. The van der Waals surface area contributed by atoms with E-state index in [1.807, 2.05) is 90.1 Å². The molecule has 0 saturated carbocycles. The van der Waals surface area contributed by atoms with Gasteiger partial charge in [-0.05, 0) is 109 Å². The van der Waals surface area contributed by atoms with E-state index in [2.05, 4.69) is 140 Å². The number of para-hydroxylation sites is 2. The molecule has 0 radical (unpaired) electrons. The third-order valence-corrected chi connectivity index (χ3v) is 8.36. The first-order valence-electron chi connectivity index (χ1n) is 18.4. The number of nitrogens with two attached hydrogens (primary N) is 1. The van der Waals surface area contributed by atoms with Crippen molar-refractivity contribution in [2.24, 2.45) is 5.73 Å². The van der Waals surface area contributed by atoms with Crippen LogP contribution in [0.1, 0.15) is 65.2 Å². The number of hydrogen-bond acceptors (Lipinski definition) is 1. The highest BCUT2D eigenvalue weighted by Crippen LogP contribution is 2.37. The van der Waals surface area contributed by atoms with Gasteiger partial charge in [-0.2, -0.15) is 0 Å². The Morgan fingerprint density at radius 1 is 0.673 bits per heavy atom. The number of rotatable bonds is 8. The topological polar surface area (TPSA) is 30.9 Å². The van der Waals surface area contributed by atoms with Crippen LogP contribution in [0.3, 0.4) is 0 Å². The van der Waals surface area contributed by atoms with Crippen LogP contribution in [0.5, 0.6) is 0 Å². The number of aryl methyl sites for hydroxylation is 1. The predicted octanol–water partition coefficient (Wildman–Crippen LogP) is 14.5. The van der Waals surface area contributed by atoms with Crippen LogP contribution in [-0.4, -0.2) is 4.57 Å². The van der Waals surface area contributed by atoms with Crippen LogP contribution in [-0.2, 0) is 0 Å². The summed E-state index contributed by atoms with van der Waals surface area (Å²) in [5.41, 5.74) is 16.2. The number of aromatic nitrogens is 1. The second-order valence-corrected chi connectivity index (χ2v) is 11.7. The van der Waals surface area contributed by atoms with Crippen LogP contribution >= 0.6 is 0 Å². The maximum atomic E-state index is 5.57. The van der Waals surface area contributed by atoms with Crippen LogP contribution in [0.25, 0.3) is 49.9 Å².